The Bertz CT molecular complexity index is 724. The van der Waals surface area contributed by atoms with Gasteiger partial charge in [-0.1, -0.05) is 37.3 Å². The molecule has 2 fully saturated rings. The first-order valence-corrected chi connectivity index (χ1v) is 11.2. The van der Waals surface area contributed by atoms with Gasteiger partial charge in [-0.15, -0.1) is 0 Å². The second kappa shape index (κ2) is 14.7. The Balaban J connectivity index is 2.04. The molecular weight excluding hydrogens is 472 g/mol. The van der Waals surface area contributed by atoms with Gasteiger partial charge < -0.3 is 50.0 Å². The van der Waals surface area contributed by atoms with Crippen LogP contribution in [0.25, 0.3) is 0 Å². The molecule has 35 heavy (non-hydrogen) atoms. The van der Waals surface area contributed by atoms with Crippen LogP contribution in [0.3, 0.4) is 0 Å². The fraction of sp³-hybridized carbons (Fsp3) is 0.682. The number of carbonyl (C=O) groups is 1. The molecule has 2 saturated heterocycles. The van der Waals surface area contributed by atoms with Gasteiger partial charge in [-0.05, 0) is 12.8 Å². The average molecular weight is 507 g/mol. The minimum Gasteiger partial charge on any atom is -0.429 e. The number of allylic oxidation sites excluding steroid dienone is 5. The molecule has 0 aliphatic carbocycles. The van der Waals surface area contributed by atoms with Gasteiger partial charge in [-0.3, -0.25) is 0 Å². The monoisotopic (exact) mass is 506 g/mol. The van der Waals surface area contributed by atoms with Crippen LogP contribution in [0.5, 0.6) is 0 Å². The summed E-state index contributed by atoms with van der Waals surface area (Å²) in [6.07, 6.45) is -4.87. The molecule has 0 aromatic carbocycles. The van der Waals surface area contributed by atoms with Crippen molar-refractivity contribution in [2.75, 3.05) is 13.2 Å². The van der Waals surface area contributed by atoms with E-state index in [1.165, 1.54) is 6.08 Å². The second-order valence-electron chi connectivity index (χ2n) is 7.90. The lowest BCUT2D eigenvalue weighted by Crippen LogP contribution is -2.62. The summed E-state index contributed by atoms with van der Waals surface area (Å²) < 4.78 is 15.6. The fourth-order valence-electron chi connectivity index (χ4n) is 3.31. The number of hydrogen-bond donors (Lipinski definition) is 7. The first kappa shape index (κ1) is 29.5. The minimum atomic E-state index is -1.81. The average Bonchev–Trinajstić information content (AvgIpc) is 2.85. The summed E-state index contributed by atoms with van der Waals surface area (Å²) in [6, 6.07) is 0. The van der Waals surface area contributed by atoms with Crippen LogP contribution in [0.4, 0.5) is 0 Å². The standard InChI is InChI=1S/C22H34O13/c1-2-3-4-5-6-7-8-9-14(25)33-22-20(18(29)16(27)13(11-24)32-22)34-35-21-19(30)17(28)15(26)12(10-23)31-21/h3-4,6-9,12-13,15-24,26-30H,2,5,10-11H2,1H3/t12-,13-,15-,16-,17+,18+,19-,20-,21+,22+/m1/s1. The topological polar surface area (TPSA) is 205 Å². The Morgan fingerprint density at radius 3 is 2.03 bits per heavy atom. The third-order valence-corrected chi connectivity index (χ3v) is 5.32. The second-order valence-corrected chi connectivity index (χ2v) is 7.90. The smallest absolute Gasteiger partial charge is 0.333 e. The zero-order chi connectivity index (χ0) is 26.0. The lowest BCUT2D eigenvalue weighted by molar-refractivity contribution is -0.469. The van der Waals surface area contributed by atoms with E-state index in [1.54, 1.807) is 12.2 Å². The van der Waals surface area contributed by atoms with E-state index in [4.69, 9.17) is 24.0 Å². The maximum atomic E-state index is 12.2. The molecule has 2 rings (SSSR count). The number of aliphatic hydroxyl groups excluding tert-OH is 7. The molecule has 0 bridgehead atoms. The molecule has 13 nitrogen and oxygen atoms in total. The van der Waals surface area contributed by atoms with Crippen LogP contribution in [0.2, 0.25) is 0 Å². The van der Waals surface area contributed by atoms with Gasteiger partial charge in [0.2, 0.25) is 12.6 Å². The molecule has 2 aliphatic heterocycles. The van der Waals surface area contributed by atoms with E-state index in [9.17, 15) is 40.5 Å². The van der Waals surface area contributed by atoms with E-state index in [-0.39, 0.29) is 0 Å². The summed E-state index contributed by atoms with van der Waals surface area (Å²) >= 11 is 0. The van der Waals surface area contributed by atoms with Crippen LogP contribution >= 0.6 is 0 Å². The number of hydrogen-bond acceptors (Lipinski definition) is 13. The van der Waals surface area contributed by atoms with E-state index in [1.807, 2.05) is 19.1 Å². The Morgan fingerprint density at radius 1 is 0.771 bits per heavy atom. The Hall–Kier alpha value is -1.75. The van der Waals surface area contributed by atoms with Gasteiger partial charge in [-0.25, -0.2) is 14.6 Å². The van der Waals surface area contributed by atoms with Crippen LogP contribution in [0.1, 0.15) is 19.8 Å². The van der Waals surface area contributed by atoms with Crippen molar-refractivity contribution >= 4 is 5.97 Å². The first-order chi connectivity index (χ1) is 16.7. The largest absolute Gasteiger partial charge is 0.429 e. The van der Waals surface area contributed by atoms with Gasteiger partial charge in [-0.2, -0.15) is 0 Å². The molecule has 0 aromatic rings. The van der Waals surface area contributed by atoms with Gasteiger partial charge in [0.15, 0.2) is 6.10 Å². The normalized spacial score (nSPS) is 38.5. The van der Waals surface area contributed by atoms with Gasteiger partial charge in [0.05, 0.1) is 13.2 Å². The lowest BCUT2D eigenvalue weighted by Gasteiger charge is -2.42. The van der Waals surface area contributed by atoms with Crippen molar-refractivity contribution in [2.24, 2.45) is 0 Å². The van der Waals surface area contributed by atoms with Crippen molar-refractivity contribution < 1.29 is 64.5 Å². The van der Waals surface area contributed by atoms with Crippen LogP contribution in [0.15, 0.2) is 36.5 Å². The number of aliphatic hydroxyl groups is 7. The van der Waals surface area contributed by atoms with Gasteiger partial charge in [0, 0.05) is 6.08 Å². The summed E-state index contributed by atoms with van der Waals surface area (Å²) in [5, 5.41) is 68.9. The third-order valence-electron chi connectivity index (χ3n) is 5.32. The van der Waals surface area contributed by atoms with E-state index < -0.39 is 80.6 Å². The molecule has 2 heterocycles. The van der Waals surface area contributed by atoms with E-state index in [0.29, 0.717) is 6.42 Å². The van der Waals surface area contributed by atoms with Crippen molar-refractivity contribution in [2.45, 2.75) is 81.2 Å². The van der Waals surface area contributed by atoms with Crippen molar-refractivity contribution in [3.63, 3.8) is 0 Å². The summed E-state index contributed by atoms with van der Waals surface area (Å²) in [5.41, 5.74) is 0. The Labute approximate surface area is 202 Å². The van der Waals surface area contributed by atoms with Crippen LogP contribution in [-0.2, 0) is 28.8 Å². The molecule has 200 valence electrons. The van der Waals surface area contributed by atoms with Gasteiger partial charge in [0.25, 0.3) is 0 Å². The van der Waals surface area contributed by atoms with Crippen LogP contribution in [-0.4, -0.2) is 116 Å². The molecule has 0 unspecified atom stereocenters. The highest BCUT2D eigenvalue weighted by atomic mass is 17.2. The van der Waals surface area contributed by atoms with Gasteiger partial charge in [0.1, 0.15) is 42.7 Å². The molecule has 13 heteroatoms. The minimum absolute atomic E-state index is 0.673. The molecular formula is C22H34O13. The highest BCUT2D eigenvalue weighted by Gasteiger charge is 2.50. The molecule has 10 atom stereocenters. The van der Waals surface area contributed by atoms with Crippen LogP contribution < -0.4 is 0 Å². The molecule has 0 spiro atoms. The maximum absolute atomic E-state index is 12.2. The first-order valence-electron chi connectivity index (χ1n) is 11.2. The third kappa shape index (κ3) is 8.13. The molecule has 0 radical (unpaired) electrons. The highest BCUT2D eigenvalue weighted by molar-refractivity contribution is 5.82. The lowest BCUT2D eigenvalue weighted by atomic mass is 9.99. The maximum Gasteiger partial charge on any atom is 0.333 e. The number of ether oxygens (including phenoxy) is 3. The van der Waals surface area contributed by atoms with Crippen molar-refractivity contribution in [1.29, 1.82) is 0 Å². The molecule has 0 amide bonds. The summed E-state index contributed by atoms with van der Waals surface area (Å²) in [7, 11) is 0. The Morgan fingerprint density at radius 2 is 1.40 bits per heavy atom. The zero-order valence-electron chi connectivity index (χ0n) is 19.1. The van der Waals surface area contributed by atoms with Crippen molar-refractivity contribution in [3.8, 4) is 0 Å². The SMILES string of the molecule is CCC=CCC=CC=CC(=O)O[C@@H]1O[C@H](CO)[C@@H](O)[C@H](O)[C@H]1OO[C@@H]1O[C@H](CO)[C@@H](O)[C@H](O)[C@H]1O. The Kier molecular flexibility index (Phi) is 12.4. The number of esters is 1. The van der Waals surface area contributed by atoms with E-state index >= 15 is 0 Å². The molecule has 0 aromatic heterocycles. The van der Waals surface area contributed by atoms with Crippen molar-refractivity contribution in [3.05, 3.63) is 36.5 Å². The van der Waals surface area contributed by atoms with E-state index in [0.717, 1.165) is 12.5 Å². The quantitative estimate of drug-likeness (QED) is 0.0389. The number of rotatable bonds is 11. The van der Waals surface area contributed by atoms with Crippen LogP contribution in [0, 0.1) is 0 Å². The fourth-order valence-corrected chi connectivity index (χ4v) is 3.31. The van der Waals surface area contributed by atoms with Gasteiger partial charge >= 0.3 is 5.97 Å². The highest BCUT2D eigenvalue weighted by Crippen LogP contribution is 2.27. The molecule has 7 N–H and O–H groups in total. The predicted octanol–water partition coefficient (Wildman–Crippen LogP) is -2.45. The van der Waals surface area contributed by atoms with Crippen molar-refractivity contribution in [1.82, 2.24) is 0 Å². The summed E-state index contributed by atoms with van der Waals surface area (Å²) in [5.74, 6) is -0.898. The zero-order valence-corrected chi connectivity index (χ0v) is 19.1. The summed E-state index contributed by atoms with van der Waals surface area (Å²) in [6.45, 7) is 0.579. The van der Waals surface area contributed by atoms with E-state index in [2.05, 4.69) is 0 Å². The molecule has 0 saturated carbocycles. The summed E-state index contributed by atoms with van der Waals surface area (Å²) in [4.78, 5) is 22.2. The number of carbonyl (C=O) groups excluding carboxylic acids is 1. The molecule has 2 aliphatic rings. The predicted molar refractivity (Wildman–Crippen MR) is 116 cm³/mol.